The Morgan fingerprint density at radius 3 is 2.95 bits per heavy atom. The highest BCUT2D eigenvalue weighted by molar-refractivity contribution is 7.22. The molecule has 1 N–H and O–H groups in total. The number of fused-ring (bicyclic) bond motifs is 2. The van der Waals surface area contributed by atoms with Crippen LogP contribution in [0.25, 0.3) is 21.3 Å². The lowest BCUT2D eigenvalue weighted by molar-refractivity contribution is 0.623. The maximum Gasteiger partial charge on any atom is 0.302 e. The number of rotatable bonds is 2. The van der Waals surface area contributed by atoms with Gasteiger partial charge in [-0.3, -0.25) is 5.32 Å². The van der Waals surface area contributed by atoms with Crippen molar-refractivity contribution in [1.82, 2.24) is 9.97 Å². The molecule has 0 atom stereocenters. The summed E-state index contributed by atoms with van der Waals surface area (Å²) >= 11 is 7.65. The van der Waals surface area contributed by atoms with Crippen LogP contribution in [0.2, 0.25) is 5.02 Å². The van der Waals surface area contributed by atoms with Crippen molar-refractivity contribution in [2.75, 3.05) is 5.32 Å². The van der Waals surface area contributed by atoms with Crippen molar-refractivity contribution < 1.29 is 4.42 Å². The summed E-state index contributed by atoms with van der Waals surface area (Å²) < 4.78 is 6.69. The van der Waals surface area contributed by atoms with Crippen LogP contribution in [0.15, 0.2) is 40.8 Å². The van der Waals surface area contributed by atoms with Crippen LogP contribution in [0.3, 0.4) is 0 Å². The molecule has 0 bridgehead atoms. The number of aryl methyl sites for hydroxylation is 1. The first kappa shape index (κ1) is 12.6. The third kappa shape index (κ3) is 2.24. The second kappa shape index (κ2) is 4.72. The van der Waals surface area contributed by atoms with Gasteiger partial charge >= 0.3 is 6.01 Å². The Morgan fingerprint density at radius 2 is 2.10 bits per heavy atom. The highest BCUT2D eigenvalue weighted by Crippen LogP contribution is 2.32. The molecular formula is C15H10ClN3OS. The topological polar surface area (TPSA) is 51.0 Å². The van der Waals surface area contributed by atoms with E-state index >= 15 is 0 Å². The average molecular weight is 316 g/mol. The molecule has 2 aromatic carbocycles. The predicted molar refractivity (Wildman–Crippen MR) is 86.7 cm³/mol. The zero-order valence-electron chi connectivity index (χ0n) is 11.1. The number of halogens is 1. The zero-order valence-corrected chi connectivity index (χ0v) is 12.6. The fourth-order valence-corrected chi connectivity index (χ4v) is 3.31. The van der Waals surface area contributed by atoms with E-state index in [0.29, 0.717) is 16.2 Å². The Morgan fingerprint density at radius 1 is 1.19 bits per heavy atom. The quantitative estimate of drug-likeness (QED) is 0.556. The van der Waals surface area contributed by atoms with Crippen LogP contribution in [0.4, 0.5) is 11.1 Å². The van der Waals surface area contributed by atoms with E-state index in [4.69, 9.17) is 16.0 Å². The maximum atomic E-state index is 6.13. The molecule has 0 radical (unpaired) electrons. The molecular weight excluding hydrogens is 306 g/mol. The molecule has 21 heavy (non-hydrogen) atoms. The van der Waals surface area contributed by atoms with E-state index in [9.17, 15) is 0 Å². The highest BCUT2D eigenvalue weighted by atomic mass is 35.5. The van der Waals surface area contributed by atoms with Gasteiger partial charge in [0.15, 0.2) is 10.7 Å². The van der Waals surface area contributed by atoms with Crippen LogP contribution < -0.4 is 5.32 Å². The second-order valence-electron chi connectivity index (χ2n) is 4.72. The van der Waals surface area contributed by atoms with Crippen LogP contribution in [-0.4, -0.2) is 9.97 Å². The van der Waals surface area contributed by atoms with Gasteiger partial charge in [-0.25, -0.2) is 4.98 Å². The van der Waals surface area contributed by atoms with Crippen LogP contribution in [0, 0.1) is 6.92 Å². The largest absolute Gasteiger partial charge is 0.423 e. The van der Waals surface area contributed by atoms with Crippen molar-refractivity contribution in [3.05, 3.63) is 47.0 Å². The monoisotopic (exact) mass is 315 g/mol. The molecule has 0 aliphatic heterocycles. The van der Waals surface area contributed by atoms with Gasteiger partial charge in [-0.1, -0.05) is 35.1 Å². The second-order valence-corrected chi connectivity index (χ2v) is 6.16. The third-order valence-corrected chi connectivity index (χ3v) is 4.37. The number of hydrogen-bond donors (Lipinski definition) is 1. The number of nitrogens with one attached hydrogen (secondary N) is 1. The first-order valence-electron chi connectivity index (χ1n) is 6.38. The Labute approximate surface area is 129 Å². The van der Waals surface area contributed by atoms with Crippen molar-refractivity contribution in [3.8, 4) is 0 Å². The van der Waals surface area contributed by atoms with E-state index in [1.165, 1.54) is 11.3 Å². The molecule has 4 nitrogen and oxygen atoms in total. The summed E-state index contributed by atoms with van der Waals surface area (Å²) in [7, 11) is 0. The summed E-state index contributed by atoms with van der Waals surface area (Å²) in [5.74, 6) is 0. The molecule has 0 saturated heterocycles. The summed E-state index contributed by atoms with van der Waals surface area (Å²) in [5.41, 5.74) is 3.52. The standard InChI is InChI=1S/C15H10ClN3OS/c1-8-5-6-11-10(7-8)17-14(20-11)19-15-18-13-9(16)3-2-4-12(13)21-15/h2-7H,1H3,(H,17,18,19). The third-order valence-electron chi connectivity index (χ3n) is 3.13. The Bertz CT molecular complexity index is 960. The first-order chi connectivity index (χ1) is 10.2. The number of thiazole rings is 1. The fourth-order valence-electron chi connectivity index (χ4n) is 2.15. The number of oxazole rings is 1. The molecule has 2 heterocycles. The van der Waals surface area contributed by atoms with Crippen molar-refractivity contribution in [3.63, 3.8) is 0 Å². The summed E-state index contributed by atoms with van der Waals surface area (Å²) in [6, 6.07) is 12.1. The Balaban J connectivity index is 1.73. The van der Waals surface area contributed by atoms with Crippen molar-refractivity contribution in [2.24, 2.45) is 0 Å². The molecule has 0 saturated carbocycles. The Kier molecular flexibility index (Phi) is 2.83. The molecule has 0 amide bonds. The summed E-state index contributed by atoms with van der Waals surface area (Å²) in [5, 5.41) is 4.45. The van der Waals surface area contributed by atoms with E-state index in [-0.39, 0.29) is 0 Å². The molecule has 6 heteroatoms. The molecule has 0 spiro atoms. The van der Waals surface area contributed by atoms with E-state index < -0.39 is 0 Å². The van der Waals surface area contributed by atoms with Crippen LogP contribution >= 0.6 is 22.9 Å². The predicted octanol–water partition coefficient (Wildman–Crippen LogP) is 5.14. The van der Waals surface area contributed by atoms with Gasteiger partial charge in [0, 0.05) is 0 Å². The van der Waals surface area contributed by atoms with Gasteiger partial charge in [0.25, 0.3) is 0 Å². The minimum Gasteiger partial charge on any atom is -0.423 e. The molecule has 0 fully saturated rings. The summed E-state index contributed by atoms with van der Waals surface area (Å²) in [6.45, 7) is 2.02. The van der Waals surface area contributed by atoms with Gasteiger partial charge in [0.2, 0.25) is 0 Å². The number of para-hydroxylation sites is 1. The smallest absolute Gasteiger partial charge is 0.302 e. The molecule has 0 unspecified atom stereocenters. The minimum atomic E-state index is 0.436. The van der Waals surface area contributed by atoms with Gasteiger partial charge in [-0.05, 0) is 36.8 Å². The van der Waals surface area contributed by atoms with Crippen molar-refractivity contribution in [1.29, 1.82) is 0 Å². The van der Waals surface area contributed by atoms with Crippen LogP contribution in [0.1, 0.15) is 5.56 Å². The lowest BCUT2D eigenvalue weighted by Gasteiger charge is -1.93. The molecule has 104 valence electrons. The van der Waals surface area contributed by atoms with E-state index in [1.807, 2.05) is 43.3 Å². The SMILES string of the molecule is Cc1ccc2oc(Nc3nc4c(Cl)cccc4s3)nc2c1. The molecule has 0 aliphatic carbocycles. The first-order valence-corrected chi connectivity index (χ1v) is 7.58. The Hall–Kier alpha value is -2.11. The highest BCUT2D eigenvalue weighted by Gasteiger charge is 2.10. The average Bonchev–Trinajstić information content (AvgIpc) is 3.02. The summed E-state index contributed by atoms with van der Waals surface area (Å²) in [6.07, 6.45) is 0. The van der Waals surface area contributed by atoms with E-state index in [2.05, 4.69) is 15.3 Å². The molecule has 0 aliphatic rings. The molecule has 2 aromatic heterocycles. The number of hydrogen-bond acceptors (Lipinski definition) is 5. The van der Waals surface area contributed by atoms with Gasteiger partial charge in [-0.2, -0.15) is 4.98 Å². The van der Waals surface area contributed by atoms with Crippen molar-refractivity contribution >= 4 is 55.4 Å². The number of benzene rings is 2. The lowest BCUT2D eigenvalue weighted by atomic mass is 10.2. The van der Waals surface area contributed by atoms with Gasteiger partial charge in [-0.15, -0.1) is 0 Å². The van der Waals surface area contributed by atoms with Gasteiger partial charge < -0.3 is 4.42 Å². The van der Waals surface area contributed by atoms with E-state index in [1.54, 1.807) is 0 Å². The van der Waals surface area contributed by atoms with Gasteiger partial charge in [0.1, 0.15) is 11.0 Å². The molecule has 4 rings (SSSR count). The van der Waals surface area contributed by atoms with Crippen molar-refractivity contribution in [2.45, 2.75) is 6.92 Å². The maximum absolute atomic E-state index is 6.13. The zero-order chi connectivity index (χ0) is 14.4. The normalized spacial score (nSPS) is 11.3. The fraction of sp³-hybridized carbons (Fsp3) is 0.0667. The summed E-state index contributed by atoms with van der Waals surface area (Å²) in [4.78, 5) is 8.89. The number of anilines is 2. The molecule has 4 aromatic rings. The van der Waals surface area contributed by atoms with Gasteiger partial charge in [0.05, 0.1) is 9.72 Å². The van der Waals surface area contributed by atoms with Crippen LogP contribution in [-0.2, 0) is 0 Å². The number of nitrogens with zero attached hydrogens (tertiary/aromatic N) is 2. The lowest BCUT2D eigenvalue weighted by Crippen LogP contribution is -1.88. The number of aromatic nitrogens is 2. The van der Waals surface area contributed by atoms with E-state index in [0.717, 1.165) is 26.9 Å². The van der Waals surface area contributed by atoms with Crippen LogP contribution in [0.5, 0.6) is 0 Å². The minimum absolute atomic E-state index is 0.436.